The predicted molar refractivity (Wildman–Crippen MR) is 137 cm³/mol. The van der Waals surface area contributed by atoms with Crippen molar-refractivity contribution in [2.45, 2.75) is 91.0 Å². The Labute approximate surface area is 219 Å². The lowest BCUT2D eigenvalue weighted by molar-refractivity contribution is -0.149. The lowest BCUT2D eigenvalue weighted by atomic mass is 9.73. The van der Waals surface area contributed by atoms with Crippen molar-refractivity contribution in [3.05, 3.63) is 34.9 Å². The van der Waals surface area contributed by atoms with Crippen molar-refractivity contribution >= 4 is 11.9 Å². The number of fused-ring (bicyclic) bond motifs is 1. The first-order valence-electron chi connectivity index (χ1n) is 13.2. The molecule has 6 nitrogen and oxygen atoms in total. The third kappa shape index (κ3) is 7.05. The number of halogens is 3. The SMILES string of the molecule is CC.COCCC(C)NC1CCC(C(=O)N2Cc3cc(C(F)(F)F)ccc3C(C(=O)OC)C2)(C(C)C)C1. The van der Waals surface area contributed by atoms with E-state index < -0.39 is 29.0 Å². The van der Waals surface area contributed by atoms with Gasteiger partial charge in [0.15, 0.2) is 0 Å². The second-order valence-electron chi connectivity index (χ2n) is 10.3. The van der Waals surface area contributed by atoms with E-state index in [4.69, 9.17) is 9.47 Å². The topological polar surface area (TPSA) is 67.9 Å². The van der Waals surface area contributed by atoms with Crippen LogP contribution in [0.1, 0.15) is 82.9 Å². The fraction of sp³-hybridized carbons (Fsp3) is 0.714. The van der Waals surface area contributed by atoms with Gasteiger partial charge in [-0.1, -0.05) is 33.8 Å². The molecule has 37 heavy (non-hydrogen) atoms. The molecule has 0 aromatic heterocycles. The monoisotopic (exact) mass is 528 g/mol. The number of hydrogen-bond donors (Lipinski definition) is 1. The van der Waals surface area contributed by atoms with Crippen molar-refractivity contribution in [1.82, 2.24) is 10.2 Å². The molecule has 1 aromatic carbocycles. The molecule has 1 N–H and O–H groups in total. The number of methoxy groups -OCH3 is 2. The van der Waals surface area contributed by atoms with Crippen LogP contribution in [0.4, 0.5) is 13.2 Å². The average molecular weight is 529 g/mol. The molecule has 1 fully saturated rings. The molecule has 3 rings (SSSR count). The molecule has 0 bridgehead atoms. The van der Waals surface area contributed by atoms with E-state index in [0.717, 1.165) is 25.0 Å². The van der Waals surface area contributed by atoms with Gasteiger partial charge >= 0.3 is 12.1 Å². The number of nitrogens with zero attached hydrogens (tertiary/aromatic N) is 1. The Morgan fingerprint density at radius 2 is 1.86 bits per heavy atom. The summed E-state index contributed by atoms with van der Waals surface area (Å²) in [6, 6.07) is 3.79. The van der Waals surface area contributed by atoms with Gasteiger partial charge in [-0.05, 0) is 61.8 Å². The summed E-state index contributed by atoms with van der Waals surface area (Å²) in [6.07, 6.45) is -1.47. The van der Waals surface area contributed by atoms with Crippen LogP contribution in [0.25, 0.3) is 0 Å². The predicted octanol–water partition coefficient (Wildman–Crippen LogP) is 5.54. The van der Waals surface area contributed by atoms with Gasteiger partial charge in [0.1, 0.15) is 0 Å². The third-order valence-corrected chi connectivity index (χ3v) is 7.74. The van der Waals surface area contributed by atoms with E-state index in [1.54, 1.807) is 12.0 Å². The maximum Gasteiger partial charge on any atom is 0.416 e. The summed E-state index contributed by atoms with van der Waals surface area (Å²) in [5.41, 5.74) is -0.596. The molecule has 210 valence electrons. The zero-order chi connectivity index (χ0) is 28.0. The highest BCUT2D eigenvalue weighted by Crippen LogP contribution is 2.47. The van der Waals surface area contributed by atoms with Gasteiger partial charge in [0.25, 0.3) is 0 Å². The van der Waals surface area contributed by atoms with E-state index in [-0.39, 0.29) is 37.0 Å². The molecule has 4 atom stereocenters. The lowest BCUT2D eigenvalue weighted by Crippen LogP contribution is -2.50. The van der Waals surface area contributed by atoms with Gasteiger partial charge in [-0.25, -0.2) is 0 Å². The second kappa shape index (κ2) is 13.1. The van der Waals surface area contributed by atoms with Crippen LogP contribution in [0.3, 0.4) is 0 Å². The molecule has 0 radical (unpaired) electrons. The summed E-state index contributed by atoms with van der Waals surface area (Å²) in [5.74, 6) is -1.43. The molecule has 0 saturated heterocycles. The van der Waals surface area contributed by atoms with Gasteiger partial charge in [-0.2, -0.15) is 13.2 Å². The highest BCUT2D eigenvalue weighted by molar-refractivity contribution is 5.86. The maximum atomic E-state index is 14.0. The van der Waals surface area contributed by atoms with Crippen molar-refractivity contribution in [3.63, 3.8) is 0 Å². The largest absolute Gasteiger partial charge is 0.468 e. The van der Waals surface area contributed by atoms with Crippen molar-refractivity contribution in [2.75, 3.05) is 27.4 Å². The Hall–Kier alpha value is -2.13. The minimum absolute atomic E-state index is 0.0376. The number of esters is 1. The smallest absolute Gasteiger partial charge is 0.416 e. The van der Waals surface area contributed by atoms with Crippen LogP contribution in [-0.4, -0.2) is 56.2 Å². The van der Waals surface area contributed by atoms with Crippen LogP contribution in [-0.2, 0) is 31.8 Å². The first kappa shape index (κ1) is 31.1. The van der Waals surface area contributed by atoms with E-state index in [2.05, 4.69) is 12.2 Å². The lowest BCUT2D eigenvalue weighted by Gasteiger charge is -2.41. The van der Waals surface area contributed by atoms with E-state index >= 15 is 0 Å². The molecule has 1 aliphatic carbocycles. The zero-order valence-corrected chi connectivity index (χ0v) is 23.2. The van der Waals surface area contributed by atoms with Gasteiger partial charge in [-0.15, -0.1) is 0 Å². The molecule has 1 aromatic rings. The molecule has 1 aliphatic heterocycles. The Kier molecular flexibility index (Phi) is 11.0. The quantitative estimate of drug-likeness (QED) is 0.449. The molecule has 9 heteroatoms. The van der Waals surface area contributed by atoms with Gasteiger partial charge in [0.2, 0.25) is 5.91 Å². The highest BCUT2D eigenvalue weighted by Gasteiger charge is 2.50. The third-order valence-electron chi connectivity index (χ3n) is 7.74. The molecular weight excluding hydrogens is 485 g/mol. The first-order chi connectivity index (χ1) is 17.4. The van der Waals surface area contributed by atoms with Crippen molar-refractivity contribution in [3.8, 4) is 0 Å². The molecule has 1 heterocycles. The minimum Gasteiger partial charge on any atom is -0.468 e. The van der Waals surface area contributed by atoms with Crippen molar-refractivity contribution < 1.29 is 32.2 Å². The van der Waals surface area contributed by atoms with Gasteiger partial charge in [0.05, 0.1) is 24.0 Å². The molecule has 2 aliphatic rings. The van der Waals surface area contributed by atoms with E-state index in [1.165, 1.54) is 13.2 Å². The average Bonchev–Trinajstić information content (AvgIpc) is 3.31. The zero-order valence-electron chi connectivity index (χ0n) is 23.2. The number of nitrogens with one attached hydrogen (secondary N) is 1. The van der Waals surface area contributed by atoms with E-state index in [9.17, 15) is 22.8 Å². The molecule has 1 amide bonds. The summed E-state index contributed by atoms with van der Waals surface area (Å²) in [5, 5.41) is 3.61. The molecule has 4 unspecified atom stereocenters. The number of carbonyl (C=O) groups is 2. The van der Waals surface area contributed by atoms with E-state index in [1.807, 2.05) is 27.7 Å². The number of benzene rings is 1. The van der Waals surface area contributed by atoms with E-state index in [0.29, 0.717) is 30.6 Å². The fourth-order valence-corrected chi connectivity index (χ4v) is 5.62. The maximum absolute atomic E-state index is 14.0. The first-order valence-corrected chi connectivity index (χ1v) is 13.2. The Balaban J connectivity index is 0.00000235. The van der Waals surface area contributed by atoms with Crippen LogP contribution < -0.4 is 5.32 Å². The van der Waals surface area contributed by atoms with Crippen LogP contribution in [0.15, 0.2) is 18.2 Å². The van der Waals surface area contributed by atoms with Gasteiger partial charge in [-0.3, -0.25) is 9.59 Å². The second-order valence-corrected chi connectivity index (χ2v) is 10.3. The number of alkyl halides is 3. The van der Waals surface area contributed by atoms with Gasteiger partial charge < -0.3 is 19.7 Å². The van der Waals surface area contributed by atoms with Crippen LogP contribution >= 0.6 is 0 Å². The van der Waals surface area contributed by atoms with Crippen LogP contribution in [0.5, 0.6) is 0 Å². The highest BCUT2D eigenvalue weighted by atomic mass is 19.4. The Morgan fingerprint density at radius 3 is 2.43 bits per heavy atom. The summed E-state index contributed by atoms with van der Waals surface area (Å²) < 4.78 is 50.3. The number of carbonyl (C=O) groups excluding carboxylic acids is 2. The summed E-state index contributed by atoms with van der Waals surface area (Å²) in [7, 11) is 2.92. The van der Waals surface area contributed by atoms with Crippen molar-refractivity contribution in [2.24, 2.45) is 11.3 Å². The standard InChI is InChI=1S/C26H37F3N2O4.C2H6/c1-16(2)25(10-8-20(13-25)30-17(3)9-11-34-4)24(33)31-14-18-12-19(26(27,28)29)6-7-21(18)22(15-31)23(32)35-5;1-2/h6-7,12,16-17,20,22,30H,8-11,13-15H2,1-5H3;1-2H3. The van der Waals surface area contributed by atoms with Crippen LogP contribution in [0, 0.1) is 11.3 Å². The van der Waals surface area contributed by atoms with Crippen molar-refractivity contribution in [1.29, 1.82) is 0 Å². The number of ether oxygens (including phenoxy) is 2. The van der Waals surface area contributed by atoms with Crippen LogP contribution in [0.2, 0.25) is 0 Å². The number of hydrogen-bond acceptors (Lipinski definition) is 5. The number of amides is 1. The minimum atomic E-state index is -4.51. The molecule has 1 saturated carbocycles. The van der Waals surface area contributed by atoms with Gasteiger partial charge in [0, 0.05) is 38.9 Å². The Bertz CT molecular complexity index is 921. The summed E-state index contributed by atoms with van der Waals surface area (Å²) >= 11 is 0. The normalized spacial score (nSPS) is 24.2. The molecule has 0 spiro atoms. The summed E-state index contributed by atoms with van der Waals surface area (Å²) in [6.45, 7) is 10.9. The molecular formula is C28H43F3N2O4. The Morgan fingerprint density at radius 1 is 1.19 bits per heavy atom. The fourth-order valence-electron chi connectivity index (χ4n) is 5.62. The number of rotatable bonds is 8. The summed E-state index contributed by atoms with van der Waals surface area (Å²) in [4.78, 5) is 28.2.